The zero-order valence-electron chi connectivity index (χ0n) is 9.83. The fourth-order valence-electron chi connectivity index (χ4n) is 1.37. The van der Waals surface area contributed by atoms with Crippen molar-refractivity contribution >= 4 is 0 Å². The van der Waals surface area contributed by atoms with E-state index in [-0.39, 0.29) is 5.75 Å². The van der Waals surface area contributed by atoms with E-state index in [4.69, 9.17) is 11.5 Å². The summed E-state index contributed by atoms with van der Waals surface area (Å²) in [6, 6.07) is 6.56. The average molecular weight is 244 g/mol. The van der Waals surface area contributed by atoms with E-state index in [1.807, 2.05) is 6.92 Å². The molecule has 0 spiro atoms. The van der Waals surface area contributed by atoms with Crippen molar-refractivity contribution in [2.45, 2.75) is 31.9 Å². The summed E-state index contributed by atoms with van der Waals surface area (Å²) in [7, 11) is 0. The molecule has 0 aliphatic heterocycles. The van der Waals surface area contributed by atoms with Crippen LogP contribution in [0.15, 0.2) is 24.3 Å². The number of hydrogen-bond donors (Lipinski definition) is 2. The molecule has 1 aromatic carbocycles. The first-order chi connectivity index (χ1) is 7.93. The molecule has 0 heterocycles. The molecule has 4 N–H and O–H groups in total. The van der Waals surface area contributed by atoms with Crippen molar-refractivity contribution in [1.82, 2.24) is 0 Å². The minimum Gasteiger partial charge on any atom is -0.435 e. The molecule has 0 fully saturated rings. The third-order valence-electron chi connectivity index (χ3n) is 2.60. The van der Waals surface area contributed by atoms with Crippen molar-refractivity contribution < 1.29 is 13.5 Å². The Morgan fingerprint density at radius 3 is 2.35 bits per heavy atom. The molecular formula is C12H18F2N2O. The van der Waals surface area contributed by atoms with E-state index in [9.17, 15) is 8.78 Å². The molecule has 0 saturated carbocycles. The first-order valence-corrected chi connectivity index (χ1v) is 5.46. The minimum absolute atomic E-state index is 0.165. The van der Waals surface area contributed by atoms with E-state index in [0.29, 0.717) is 6.54 Å². The lowest BCUT2D eigenvalue weighted by Gasteiger charge is -2.22. The van der Waals surface area contributed by atoms with Crippen molar-refractivity contribution in [2.75, 3.05) is 6.54 Å². The van der Waals surface area contributed by atoms with Crippen LogP contribution in [0, 0.1) is 0 Å². The largest absolute Gasteiger partial charge is 0.435 e. The number of aryl methyl sites for hydroxylation is 1. The van der Waals surface area contributed by atoms with Crippen LogP contribution >= 0.6 is 0 Å². The molecular weight excluding hydrogens is 226 g/mol. The zero-order valence-corrected chi connectivity index (χ0v) is 9.83. The summed E-state index contributed by atoms with van der Waals surface area (Å²) in [6.45, 7) is -0.480. The van der Waals surface area contributed by atoms with E-state index in [2.05, 4.69) is 4.74 Å². The Labute approximate surface area is 99.7 Å². The third kappa shape index (κ3) is 5.10. The maximum atomic E-state index is 11.9. The summed E-state index contributed by atoms with van der Waals surface area (Å²) in [5, 5.41) is 0. The molecule has 0 saturated heterocycles. The van der Waals surface area contributed by atoms with Gasteiger partial charge in [-0.2, -0.15) is 8.78 Å². The van der Waals surface area contributed by atoms with Crippen molar-refractivity contribution in [3.05, 3.63) is 29.8 Å². The third-order valence-corrected chi connectivity index (χ3v) is 2.60. The molecule has 0 amide bonds. The number of halogens is 2. The van der Waals surface area contributed by atoms with Crippen molar-refractivity contribution in [3.63, 3.8) is 0 Å². The first-order valence-electron chi connectivity index (χ1n) is 5.46. The van der Waals surface area contributed by atoms with Crippen LogP contribution in [-0.4, -0.2) is 18.7 Å². The summed E-state index contributed by atoms with van der Waals surface area (Å²) in [6.07, 6.45) is 1.51. The van der Waals surface area contributed by atoms with E-state index in [1.54, 1.807) is 12.1 Å². The van der Waals surface area contributed by atoms with Crippen molar-refractivity contribution in [3.8, 4) is 5.75 Å². The molecule has 0 aliphatic carbocycles. The minimum atomic E-state index is -2.79. The van der Waals surface area contributed by atoms with Gasteiger partial charge in [-0.05, 0) is 37.5 Å². The van der Waals surface area contributed by atoms with E-state index >= 15 is 0 Å². The molecule has 1 atom stereocenters. The van der Waals surface area contributed by atoms with Crippen LogP contribution in [0.25, 0.3) is 0 Å². The quantitative estimate of drug-likeness (QED) is 0.803. The van der Waals surface area contributed by atoms with Gasteiger partial charge in [0.15, 0.2) is 0 Å². The Bertz CT molecular complexity index is 339. The smallest absolute Gasteiger partial charge is 0.387 e. The number of nitrogens with two attached hydrogens (primary N) is 2. The van der Waals surface area contributed by atoms with Crippen molar-refractivity contribution in [1.29, 1.82) is 0 Å². The maximum absolute atomic E-state index is 11.9. The van der Waals surface area contributed by atoms with Gasteiger partial charge in [0.25, 0.3) is 0 Å². The lowest BCUT2D eigenvalue weighted by molar-refractivity contribution is -0.0498. The summed E-state index contributed by atoms with van der Waals surface area (Å²) in [5.74, 6) is 0.165. The molecule has 17 heavy (non-hydrogen) atoms. The van der Waals surface area contributed by atoms with Crippen LogP contribution < -0.4 is 16.2 Å². The van der Waals surface area contributed by atoms with Crippen LogP contribution in [0.3, 0.4) is 0 Å². The lowest BCUT2D eigenvalue weighted by atomic mass is 9.94. The molecule has 1 aromatic rings. The highest BCUT2D eigenvalue weighted by Gasteiger charge is 2.15. The lowest BCUT2D eigenvalue weighted by Crippen LogP contribution is -2.44. The van der Waals surface area contributed by atoms with Gasteiger partial charge >= 0.3 is 6.61 Å². The highest BCUT2D eigenvalue weighted by Crippen LogP contribution is 2.17. The SMILES string of the molecule is CC(N)(CN)CCc1ccc(OC(F)F)cc1. The molecule has 0 radical (unpaired) electrons. The average Bonchev–Trinajstić information content (AvgIpc) is 2.28. The normalized spacial score (nSPS) is 14.7. The Hall–Kier alpha value is -1.20. The van der Waals surface area contributed by atoms with Gasteiger partial charge < -0.3 is 16.2 Å². The van der Waals surface area contributed by atoms with Gasteiger partial charge in [-0.15, -0.1) is 0 Å². The second kappa shape index (κ2) is 5.93. The molecule has 96 valence electrons. The van der Waals surface area contributed by atoms with Crippen LogP contribution in [-0.2, 0) is 6.42 Å². The Balaban J connectivity index is 2.51. The molecule has 5 heteroatoms. The predicted molar refractivity (Wildman–Crippen MR) is 63.0 cm³/mol. The van der Waals surface area contributed by atoms with E-state index in [1.165, 1.54) is 12.1 Å². The van der Waals surface area contributed by atoms with E-state index in [0.717, 1.165) is 18.4 Å². The summed E-state index contributed by atoms with van der Waals surface area (Å²) in [5.41, 5.74) is 12.1. The number of rotatable bonds is 6. The number of benzene rings is 1. The first kappa shape index (κ1) is 13.9. The molecule has 3 nitrogen and oxygen atoms in total. The molecule has 1 unspecified atom stereocenters. The predicted octanol–water partition coefficient (Wildman–Crippen LogP) is 1.90. The Morgan fingerprint density at radius 1 is 1.29 bits per heavy atom. The van der Waals surface area contributed by atoms with Crippen molar-refractivity contribution in [2.24, 2.45) is 11.5 Å². The Kier molecular flexibility index (Phi) is 4.84. The summed E-state index contributed by atoms with van der Waals surface area (Å²) >= 11 is 0. The summed E-state index contributed by atoms with van der Waals surface area (Å²) < 4.78 is 28.1. The molecule has 0 bridgehead atoms. The van der Waals surface area contributed by atoms with E-state index < -0.39 is 12.2 Å². The molecule has 0 aromatic heterocycles. The molecule has 1 rings (SSSR count). The van der Waals surface area contributed by atoms with Gasteiger partial charge in [0, 0.05) is 12.1 Å². The standard InChI is InChI=1S/C12H18F2N2O/c1-12(16,8-15)7-6-9-2-4-10(5-3-9)17-11(13)14/h2-5,11H,6-8,15-16H2,1H3. The molecule has 0 aliphatic rings. The number of alkyl halides is 2. The van der Waals surface area contributed by atoms with Crippen LogP contribution in [0.4, 0.5) is 8.78 Å². The second-order valence-electron chi connectivity index (χ2n) is 4.38. The maximum Gasteiger partial charge on any atom is 0.387 e. The zero-order chi connectivity index (χ0) is 12.9. The van der Waals surface area contributed by atoms with Gasteiger partial charge in [-0.3, -0.25) is 0 Å². The topological polar surface area (TPSA) is 61.3 Å². The second-order valence-corrected chi connectivity index (χ2v) is 4.38. The highest BCUT2D eigenvalue weighted by molar-refractivity contribution is 5.27. The number of ether oxygens (including phenoxy) is 1. The van der Waals surface area contributed by atoms with Gasteiger partial charge in [-0.1, -0.05) is 12.1 Å². The van der Waals surface area contributed by atoms with Gasteiger partial charge in [0.05, 0.1) is 0 Å². The highest BCUT2D eigenvalue weighted by atomic mass is 19.3. The van der Waals surface area contributed by atoms with Crippen LogP contribution in [0.2, 0.25) is 0 Å². The van der Waals surface area contributed by atoms with Crippen LogP contribution in [0.5, 0.6) is 5.75 Å². The fraction of sp³-hybridized carbons (Fsp3) is 0.500. The number of hydrogen-bond acceptors (Lipinski definition) is 3. The van der Waals surface area contributed by atoms with Gasteiger partial charge in [-0.25, -0.2) is 0 Å². The van der Waals surface area contributed by atoms with Gasteiger partial charge in [0.2, 0.25) is 0 Å². The summed E-state index contributed by atoms with van der Waals surface area (Å²) in [4.78, 5) is 0. The fourth-order valence-corrected chi connectivity index (χ4v) is 1.37. The van der Waals surface area contributed by atoms with Crippen LogP contribution in [0.1, 0.15) is 18.9 Å². The van der Waals surface area contributed by atoms with Gasteiger partial charge in [0.1, 0.15) is 5.75 Å². The monoisotopic (exact) mass is 244 g/mol. The Morgan fingerprint density at radius 2 is 1.88 bits per heavy atom.